The standard InChI is InChI=1S/C22H15Cl2FN6O/c1-11(30-21-19-20(27-9-26-19)28-10-29-21)16-8-12-2-7-15(25)18(24)17(12)22(32)31(16)14-5-3-13(23)4-6-14/h2-11H,1H3,(H2,26,27,28,29,30)/t11-/m0/s1. The van der Waals surface area contributed by atoms with Gasteiger partial charge in [-0.05, 0) is 48.7 Å². The van der Waals surface area contributed by atoms with Crippen molar-refractivity contribution in [3.63, 3.8) is 0 Å². The summed E-state index contributed by atoms with van der Waals surface area (Å²) in [5.74, 6) is -0.118. The van der Waals surface area contributed by atoms with Crippen molar-refractivity contribution in [3.05, 3.63) is 87.0 Å². The predicted molar refractivity (Wildman–Crippen MR) is 123 cm³/mol. The van der Waals surface area contributed by atoms with Crippen molar-refractivity contribution in [1.82, 2.24) is 24.5 Å². The molecule has 2 aromatic carbocycles. The third-order valence-corrected chi connectivity index (χ3v) is 5.83. The summed E-state index contributed by atoms with van der Waals surface area (Å²) in [6.45, 7) is 1.89. The van der Waals surface area contributed by atoms with Gasteiger partial charge in [0.15, 0.2) is 11.5 Å². The highest BCUT2D eigenvalue weighted by atomic mass is 35.5. The quantitative estimate of drug-likeness (QED) is 0.374. The van der Waals surface area contributed by atoms with Crippen LogP contribution in [0.15, 0.2) is 59.9 Å². The van der Waals surface area contributed by atoms with Crippen molar-refractivity contribution in [2.75, 3.05) is 5.32 Å². The van der Waals surface area contributed by atoms with Crippen molar-refractivity contribution in [3.8, 4) is 5.69 Å². The van der Waals surface area contributed by atoms with Gasteiger partial charge in [0.05, 0.1) is 22.8 Å². The Kier molecular flexibility index (Phi) is 5.03. The Morgan fingerprint density at radius 3 is 2.66 bits per heavy atom. The van der Waals surface area contributed by atoms with Crippen molar-refractivity contribution < 1.29 is 4.39 Å². The van der Waals surface area contributed by atoms with Crippen molar-refractivity contribution in [2.24, 2.45) is 0 Å². The monoisotopic (exact) mass is 468 g/mol. The van der Waals surface area contributed by atoms with Crippen LogP contribution in [0, 0.1) is 5.82 Å². The summed E-state index contributed by atoms with van der Waals surface area (Å²) < 4.78 is 15.6. The summed E-state index contributed by atoms with van der Waals surface area (Å²) >= 11 is 12.2. The van der Waals surface area contributed by atoms with Crippen LogP contribution in [0.5, 0.6) is 0 Å². The molecule has 5 rings (SSSR count). The van der Waals surface area contributed by atoms with Crippen LogP contribution in [0.4, 0.5) is 10.2 Å². The molecule has 32 heavy (non-hydrogen) atoms. The summed E-state index contributed by atoms with van der Waals surface area (Å²) in [5.41, 5.74) is 1.92. The first kappa shape index (κ1) is 20.4. The van der Waals surface area contributed by atoms with Gasteiger partial charge in [-0.25, -0.2) is 19.3 Å². The number of rotatable bonds is 4. The second-order valence-electron chi connectivity index (χ2n) is 7.20. The molecule has 0 saturated carbocycles. The lowest BCUT2D eigenvalue weighted by Crippen LogP contribution is -2.26. The van der Waals surface area contributed by atoms with Gasteiger partial charge in [0, 0.05) is 16.4 Å². The molecule has 0 fully saturated rings. The van der Waals surface area contributed by atoms with Crippen LogP contribution in [-0.4, -0.2) is 24.5 Å². The molecule has 0 aliphatic carbocycles. The third-order valence-electron chi connectivity index (χ3n) is 5.21. The smallest absolute Gasteiger partial charge is 0.264 e. The highest BCUT2D eigenvalue weighted by molar-refractivity contribution is 6.35. The van der Waals surface area contributed by atoms with E-state index in [9.17, 15) is 9.18 Å². The van der Waals surface area contributed by atoms with E-state index in [0.29, 0.717) is 38.8 Å². The molecule has 0 amide bonds. The number of pyridine rings is 1. The SMILES string of the molecule is C[C@H](Nc1ncnc2nc[nH]c12)c1cc2ccc(F)c(Cl)c2c(=O)n1-c1ccc(Cl)cc1. The molecule has 0 aliphatic heterocycles. The molecule has 0 radical (unpaired) electrons. The minimum Gasteiger partial charge on any atom is -0.360 e. The van der Waals surface area contributed by atoms with Crippen LogP contribution >= 0.6 is 23.2 Å². The second kappa shape index (κ2) is 7.89. The molecule has 3 aromatic heterocycles. The van der Waals surface area contributed by atoms with Crippen LogP contribution in [0.2, 0.25) is 10.0 Å². The van der Waals surface area contributed by atoms with Crippen LogP contribution < -0.4 is 10.9 Å². The Labute approximate surface area is 190 Å². The summed E-state index contributed by atoms with van der Waals surface area (Å²) in [6.07, 6.45) is 2.94. The zero-order chi connectivity index (χ0) is 22.4. The van der Waals surface area contributed by atoms with E-state index in [4.69, 9.17) is 23.2 Å². The fourth-order valence-corrected chi connectivity index (χ4v) is 4.06. The van der Waals surface area contributed by atoms with E-state index in [2.05, 4.69) is 25.3 Å². The molecular formula is C22H15Cl2FN6O. The van der Waals surface area contributed by atoms with Crippen LogP contribution in [0.25, 0.3) is 27.6 Å². The van der Waals surface area contributed by atoms with E-state index in [1.54, 1.807) is 30.3 Å². The number of nitrogens with zero attached hydrogens (tertiary/aromatic N) is 4. The number of hydrogen-bond donors (Lipinski definition) is 2. The van der Waals surface area contributed by atoms with Gasteiger partial charge in [-0.3, -0.25) is 9.36 Å². The number of imidazole rings is 1. The number of nitrogens with one attached hydrogen (secondary N) is 2. The lowest BCUT2D eigenvalue weighted by Gasteiger charge is -2.21. The maximum absolute atomic E-state index is 14.1. The first-order valence-corrected chi connectivity index (χ1v) is 10.4. The van der Waals surface area contributed by atoms with Crippen molar-refractivity contribution in [1.29, 1.82) is 0 Å². The molecule has 0 aliphatic rings. The molecule has 160 valence electrons. The van der Waals surface area contributed by atoms with E-state index in [0.717, 1.165) is 0 Å². The van der Waals surface area contributed by atoms with E-state index < -0.39 is 11.4 Å². The maximum Gasteiger partial charge on any atom is 0.264 e. The molecule has 2 N–H and O–H groups in total. The topological polar surface area (TPSA) is 88.5 Å². The Morgan fingerprint density at radius 1 is 1.09 bits per heavy atom. The van der Waals surface area contributed by atoms with E-state index >= 15 is 0 Å². The minimum atomic E-state index is -0.652. The first-order chi connectivity index (χ1) is 15.4. The lowest BCUT2D eigenvalue weighted by molar-refractivity contribution is 0.629. The van der Waals surface area contributed by atoms with Gasteiger partial charge in [0.25, 0.3) is 5.56 Å². The highest BCUT2D eigenvalue weighted by Crippen LogP contribution is 2.29. The molecule has 3 heterocycles. The predicted octanol–water partition coefficient (Wildman–Crippen LogP) is 5.28. The lowest BCUT2D eigenvalue weighted by atomic mass is 10.1. The number of anilines is 1. The number of benzene rings is 2. The highest BCUT2D eigenvalue weighted by Gasteiger charge is 2.20. The fraction of sp³-hybridized carbons (Fsp3) is 0.0909. The van der Waals surface area contributed by atoms with Crippen molar-refractivity contribution in [2.45, 2.75) is 13.0 Å². The Hall–Kier alpha value is -3.49. The molecular weight excluding hydrogens is 454 g/mol. The van der Waals surface area contributed by atoms with Gasteiger partial charge in [-0.1, -0.05) is 29.3 Å². The van der Waals surface area contributed by atoms with Crippen molar-refractivity contribution >= 4 is 51.0 Å². The van der Waals surface area contributed by atoms with Gasteiger partial charge in [0.2, 0.25) is 0 Å². The minimum absolute atomic E-state index is 0.107. The molecule has 0 unspecified atom stereocenters. The summed E-state index contributed by atoms with van der Waals surface area (Å²) in [6, 6.07) is 11.0. The summed E-state index contributed by atoms with van der Waals surface area (Å²) in [5, 5.41) is 4.27. The van der Waals surface area contributed by atoms with Crippen LogP contribution in [-0.2, 0) is 0 Å². The van der Waals surface area contributed by atoms with E-state index in [-0.39, 0.29) is 16.5 Å². The number of fused-ring (bicyclic) bond motifs is 2. The van der Waals surface area contributed by atoms with Crippen LogP contribution in [0.1, 0.15) is 18.7 Å². The fourth-order valence-electron chi connectivity index (χ4n) is 3.68. The number of H-pyrrole nitrogens is 1. The zero-order valence-corrected chi connectivity index (χ0v) is 18.1. The number of aromatic nitrogens is 5. The first-order valence-electron chi connectivity index (χ1n) is 9.64. The maximum atomic E-state index is 14.1. The average Bonchev–Trinajstić information content (AvgIpc) is 3.27. The van der Waals surface area contributed by atoms with E-state index in [1.165, 1.54) is 29.4 Å². The Morgan fingerprint density at radius 2 is 1.88 bits per heavy atom. The second-order valence-corrected chi connectivity index (χ2v) is 8.02. The van der Waals surface area contributed by atoms with Gasteiger partial charge in [-0.15, -0.1) is 0 Å². The number of hydrogen-bond acceptors (Lipinski definition) is 5. The largest absolute Gasteiger partial charge is 0.360 e. The third kappa shape index (κ3) is 3.37. The van der Waals surface area contributed by atoms with Gasteiger partial charge < -0.3 is 10.3 Å². The van der Waals surface area contributed by atoms with Gasteiger partial charge in [0.1, 0.15) is 17.7 Å². The Bertz CT molecular complexity index is 1530. The summed E-state index contributed by atoms with van der Waals surface area (Å²) in [4.78, 5) is 29.1. The molecule has 10 heteroatoms. The zero-order valence-electron chi connectivity index (χ0n) is 16.6. The molecule has 5 aromatic rings. The number of aromatic amines is 1. The normalized spacial score (nSPS) is 12.4. The molecule has 1 atom stereocenters. The number of halogens is 3. The van der Waals surface area contributed by atoms with Crippen LogP contribution in [0.3, 0.4) is 0 Å². The van der Waals surface area contributed by atoms with Gasteiger partial charge in [-0.2, -0.15) is 0 Å². The van der Waals surface area contributed by atoms with E-state index in [1.807, 2.05) is 6.92 Å². The average molecular weight is 469 g/mol. The summed E-state index contributed by atoms with van der Waals surface area (Å²) in [7, 11) is 0. The molecule has 0 spiro atoms. The molecule has 0 bridgehead atoms. The Balaban J connectivity index is 1.73. The van der Waals surface area contributed by atoms with Gasteiger partial charge >= 0.3 is 0 Å². The molecule has 0 saturated heterocycles. The molecule has 7 nitrogen and oxygen atoms in total.